The minimum Gasteiger partial charge on any atom is -0.480 e. The fraction of sp³-hybridized carbons (Fsp3) is 0.636. The maximum atomic E-state index is 11.8. The van der Waals surface area contributed by atoms with Gasteiger partial charge in [-0.2, -0.15) is 12.6 Å². The average Bonchev–Trinajstić information content (AvgIpc) is 2.43. The maximum absolute atomic E-state index is 11.8. The van der Waals surface area contributed by atoms with Crippen LogP contribution in [-0.2, 0) is 19.2 Å². The number of carbonyl (C=O) groups excluding carboxylic acids is 3. The predicted octanol–water partition coefficient (Wildman–Crippen LogP) is -2.55. The molecular formula is C11H20N4O5S. The Bertz CT molecular complexity index is 417. The number of thiol groups is 1. The zero-order valence-electron chi connectivity index (χ0n) is 11.8. The van der Waals surface area contributed by atoms with Crippen molar-refractivity contribution in [2.24, 2.45) is 5.73 Å². The first kappa shape index (κ1) is 19.2. The first-order chi connectivity index (χ1) is 9.72. The number of nitrogens with one attached hydrogen (secondary N) is 3. The van der Waals surface area contributed by atoms with Crippen molar-refractivity contribution in [2.45, 2.75) is 32.0 Å². The lowest BCUT2D eigenvalue weighted by Gasteiger charge is -2.20. The summed E-state index contributed by atoms with van der Waals surface area (Å²) in [5.41, 5.74) is 5.10. The van der Waals surface area contributed by atoms with Crippen LogP contribution in [0.4, 0.5) is 0 Å². The largest absolute Gasteiger partial charge is 0.480 e. The minimum absolute atomic E-state index is 0.0263. The summed E-state index contributed by atoms with van der Waals surface area (Å²) >= 11 is 3.93. The number of amides is 3. The van der Waals surface area contributed by atoms with Gasteiger partial charge < -0.3 is 26.8 Å². The van der Waals surface area contributed by atoms with Crippen molar-refractivity contribution in [2.75, 3.05) is 12.3 Å². The Morgan fingerprint density at radius 1 is 1.05 bits per heavy atom. The molecule has 3 unspecified atom stereocenters. The smallest absolute Gasteiger partial charge is 0.325 e. The zero-order valence-corrected chi connectivity index (χ0v) is 12.6. The predicted molar refractivity (Wildman–Crippen MR) is 77.7 cm³/mol. The van der Waals surface area contributed by atoms with E-state index in [-0.39, 0.29) is 12.3 Å². The summed E-state index contributed by atoms with van der Waals surface area (Å²) in [4.78, 5) is 45.3. The van der Waals surface area contributed by atoms with Gasteiger partial charge in [-0.05, 0) is 13.8 Å². The molecule has 0 aromatic carbocycles. The van der Waals surface area contributed by atoms with Crippen LogP contribution in [-0.4, -0.2) is 59.2 Å². The van der Waals surface area contributed by atoms with Gasteiger partial charge in [0.25, 0.3) is 0 Å². The van der Waals surface area contributed by atoms with Crippen LogP contribution in [0, 0.1) is 0 Å². The second kappa shape index (κ2) is 9.19. The third kappa shape index (κ3) is 6.95. The van der Waals surface area contributed by atoms with Crippen molar-refractivity contribution >= 4 is 36.3 Å². The van der Waals surface area contributed by atoms with E-state index >= 15 is 0 Å². The van der Waals surface area contributed by atoms with E-state index in [1.807, 2.05) is 0 Å². The van der Waals surface area contributed by atoms with E-state index in [2.05, 4.69) is 28.6 Å². The standard InChI is InChI=1S/C11H20N4O5S/c1-5(13-8(16)3-12)9(17)15-7(4-21)10(18)14-6(2)11(19)20/h5-7,21H,3-4,12H2,1-2H3,(H,13,16)(H,14,18)(H,15,17)(H,19,20). The highest BCUT2D eigenvalue weighted by Crippen LogP contribution is 1.93. The molecule has 0 aliphatic rings. The molecule has 0 saturated heterocycles. The first-order valence-corrected chi connectivity index (χ1v) is 6.80. The summed E-state index contributed by atoms with van der Waals surface area (Å²) in [7, 11) is 0. The third-order valence-corrected chi connectivity index (χ3v) is 2.87. The molecule has 9 nitrogen and oxygen atoms in total. The molecule has 10 heteroatoms. The van der Waals surface area contributed by atoms with Gasteiger partial charge in [-0.3, -0.25) is 19.2 Å². The molecule has 21 heavy (non-hydrogen) atoms. The zero-order chi connectivity index (χ0) is 16.6. The number of carboxylic acid groups (broad SMARTS) is 1. The first-order valence-electron chi connectivity index (χ1n) is 6.16. The van der Waals surface area contributed by atoms with Crippen LogP contribution in [0.1, 0.15) is 13.8 Å². The molecule has 120 valence electrons. The van der Waals surface area contributed by atoms with Gasteiger partial charge in [-0.25, -0.2) is 0 Å². The van der Waals surface area contributed by atoms with Crippen LogP contribution in [0.5, 0.6) is 0 Å². The number of carboxylic acids is 1. The number of hydrogen-bond donors (Lipinski definition) is 6. The molecule has 0 radical (unpaired) electrons. The Morgan fingerprint density at radius 2 is 1.62 bits per heavy atom. The molecule has 0 heterocycles. The van der Waals surface area contributed by atoms with Crippen molar-refractivity contribution in [3.8, 4) is 0 Å². The average molecular weight is 320 g/mol. The van der Waals surface area contributed by atoms with Gasteiger partial charge in [0, 0.05) is 5.75 Å². The lowest BCUT2D eigenvalue weighted by molar-refractivity contribution is -0.141. The van der Waals surface area contributed by atoms with Gasteiger partial charge in [0.15, 0.2) is 0 Å². The monoisotopic (exact) mass is 320 g/mol. The van der Waals surface area contributed by atoms with Gasteiger partial charge in [0.05, 0.1) is 6.54 Å². The molecule has 6 N–H and O–H groups in total. The summed E-state index contributed by atoms with van der Waals surface area (Å²) in [6, 6.07) is -2.99. The Balaban J connectivity index is 4.54. The molecule has 0 aromatic rings. The summed E-state index contributed by atoms with van der Waals surface area (Å²) in [5, 5.41) is 15.6. The van der Waals surface area contributed by atoms with Gasteiger partial charge in [-0.1, -0.05) is 0 Å². The van der Waals surface area contributed by atoms with E-state index in [0.717, 1.165) is 0 Å². The molecule has 3 amide bonds. The summed E-state index contributed by atoms with van der Waals surface area (Å²) in [6.45, 7) is 2.46. The van der Waals surface area contributed by atoms with E-state index in [1.165, 1.54) is 13.8 Å². The topological polar surface area (TPSA) is 151 Å². The highest BCUT2D eigenvalue weighted by Gasteiger charge is 2.25. The molecule has 0 aliphatic heterocycles. The molecule has 0 aromatic heterocycles. The van der Waals surface area contributed by atoms with Crippen molar-refractivity contribution < 1.29 is 24.3 Å². The van der Waals surface area contributed by atoms with Crippen LogP contribution in [0.15, 0.2) is 0 Å². The molecule has 3 atom stereocenters. The van der Waals surface area contributed by atoms with Gasteiger partial charge >= 0.3 is 5.97 Å². The maximum Gasteiger partial charge on any atom is 0.325 e. The number of carbonyl (C=O) groups is 4. The number of aliphatic carboxylic acids is 1. The second-order valence-corrected chi connectivity index (χ2v) is 4.67. The minimum atomic E-state index is -1.20. The van der Waals surface area contributed by atoms with Gasteiger partial charge in [0.2, 0.25) is 17.7 Å². The van der Waals surface area contributed by atoms with Crippen LogP contribution in [0.25, 0.3) is 0 Å². The summed E-state index contributed by atoms with van der Waals surface area (Å²) in [6.07, 6.45) is 0. The van der Waals surface area contributed by atoms with Crippen LogP contribution in [0.3, 0.4) is 0 Å². The van der Waals surface area contributed by atoms with E-state index in [9.17, 15) is 19.2 Å². The number of nitrogens with two attached hydrogens (primary N) is 1. The quantitative estimate of drug-likeness (QED) is 0.271. The summed E-state index contributed by atoms with van der Waals surface area (Å²) < 4.78 is 0. The SMILES string of the molecule is CC(NC(=O)C(CS)NC(=O)C(C)NC(=O)CN)C(=O)O. The third-order valence-electron chi connectivity index (χ3n) is 2.50. The van der Waals surface area contributed by atoms with Crippen LogP contribution >= 0.6 is 12.6 Å². The van der Waals surface area contributed by atoms with Gasteiger partial charge in [-0.15, -0.1) is 0 Å². The van der Waals surface area contributed by atoms with E-state index in [4.69, 9.17) is 10.8 Å². The fourth-order valence-electron chi connectivity index (χ4n) is 1.23. The summed E-state index contributed by atoms with van der Waals surface area (Å²) in [5.74, 6) is -3.01. The van der Waals surface area contributed by atoms with Crippen molar-refractivity contribution in [3.05, 3.63) is 0 Å². The normalized spacial score (nSPS) is 14.5. The lowest BCUT2D eigenvalue weighted by Crippen LogP contribution is -2.55. The van der Waals surface area contributed by atoms with Crippen LogP contribution in [0.2, 0.25) is 0 Å². The molecule has 0 fully saturated rings. The number of hydrogen-bond acceptors (Lipinski definition) is 6. The van der Waals surface area contributed by atoms with Crippen LogP contribution < -0.4 is 21.7 Å². The Morgan fingerprint density at radius 3 is 2.05 bits per heavy atom. The molecule has 0 bridgehead atoms. The lowest BCUT2D eigenvalue weighted by atomic mass is 10.2. The Kier molecular flexibility index (Phi) is 8.39. The van der Waals surface area contributed by atoms with Crippen molar-refractivity contribution in [1.82, 2.24) is 16.0 Å². The molecule has 0 spiro atoms. The van der Waals surface area contributed by atoms with Gasteiger partial charge in [0.1, 0.15) is 18.1 Å². The van der Waals surface area contributed by atoms with Crippen molar-refractivity contribution in [3.63, 3.8) is 0 Å². The fourth-order valence-corrected chi connectivity index (χ4v) is 1.49. The molecule has 0 rings (SSSR count). The van der Waals surface area contributed by atoms with E-state index in [0.29, 0.717) is 0 Å². The molecular weight excluding hydrogens is 300 g/mol. The van der Waals surface area contributed by atoms with Crippen molar-refractivity contribution in [1.29, 1.82) is 0 Å². The highest BCUT2D eigenvalue weighted by atomic mass is 32.1. The molecule has 0 aliphatic carbocycles. The highest BCUT2D eigenvalue weighted by molar-refractivity contribution is 7.80. The Hall–Kier alpha value is -1.81. The second-order valence-electron chi connectivity index (χ2n) is 4.31. The Labute approximate surface area is 127 Å². The van der Waals surface area contributed by atoms with E-state index in [1.54, 1.807) is 0 Å². The molecule has 0 saturated carbocycles. The number of rotatable bonds is 8. The van der Waals surface area contributed by atoms with E-state index < -0.39 is 41.8 Å².